The van der Waals surface area contributed by atoms with E-state index in [0.29, 0.717) is 25.7 Å². The summed E-state index contributed by atoms with van der Waals surface area (Å²) >= 11 is 0. The number of ether oxygens (including phenoxy) is 4. The van der Waals surface area contributed by atoms with Gasteiger partial charge in [0.25, 0.3) is 0 Å². The van der Waals surface area contributed by atoms with E-state index in [9.17, 15) is 60.0 Å². The van der Waals surface area contributed by atoms with Gasteiger partial charge in [-0.05, 0) is 110 Å². The molecule has 2 aliphatic heterocycles. The van der Waals surface area contributed by atoms with Crippen LogP contribution in [0.25, 0.3) is 0 Å². The van der Waals surface area contributed by atoms with Gasteiger partial charge in [-0.25, -0.2) is 9.59 Å². The first-order chi connectivity index (χ1) is 26.8. The molecule has 16 nitrogen and oxygen atoms in total. The lowest BCUT2D eigenvalue weighted by atomic mass is 9.33. The standard InChI is InChI=1S/C42H62O16/c1-37(2)21-8-11-42(7)31(20(43)16-18-19-17-39(4,36(53)54)13-12-38(19,3)14-15-41(18,42)6)40(21,5)10-9-22(37)55-35-30(26(47)25(46)29(57-35)33(51)52)58-34-27(48)23(44)24(45)28(56-34)32(49)50/h16,19,21-31,34-35,44-48H,8-15,17H2,1-7H3,(H,49,50)(H,51,52)(H,53,54)/t19-,21-,22-,23-,24-,25-,26-,27+,28-,29-,30+,31+,34-,35-,38+,39-,40-,41-,42+/m0/s1. The van der Waals surface area contributed by atoms with Gasteiger partial charge in [-0.3, -0.25) is 9.59 Å². The Bertz CT molecular complexity index is 1730. The van der Waals surface area contributed by atoms with Crippen LogP contribution in [0.3, 0.4) is 0 Å². The molecule has 7 rings (SSSR count). The van der Waals surface area contributed by atoms with E-state index < -0.39 is 107 Å². The van der Waals surface area contributed by atoms with Gasteiger partial charge in [0.15, 0.2) is 30.6 Å². The van der Waals surface area contributed by atoms with E-state index in [0.717, 1.165) is 37.7 Å². The quantitative estimate of drug-likeness (QED) is 0.171. The third kappa shape index (κ3) is 6.25. The SMILES string of the molecule is CC1(C)[C@@H](O[C@H]2O[C@H](C(=O)O)[C@@H](O)[C@H](O)[C@H]2O[C@@H]2O[C@H](C(=O)O)[C@@H](O)[C@H](O)[C@H]2O)CC[C@]2(C)[C@H]3C(=O)C=C4[C@@H]5C[C@@](C)(C(=O)O)CC[C@]5(C)CC[C@]4(C)[C@]3(C)CC[C@@H]12. The Hall–Kier alpha value is -2.54. The predicted molar refractivity (Wildman–Crippen MR) is 199 cm³/mol. The van der Waals surface area contributed by atoms with Crippen LogP contribution in [0.4, 0.5) is 0 Å². The van der Waals surface area contributed by atoms with E-state index in [4.69, 9.17) is 18.9 Å². The molecule has 8 N–H and O–H groups in total. The normalized spacial score (nSPS) is 52.6. The van der Waals surface area contributed by atoms with E-state index in [1.54, 1.807) is 0 Å². The van der Waals surface area contributed by atoms with Crippen LogP contribution in [0.1, 0.15) is 106 Å². The molecule has 16 heteroatoms. The monoisotopic (exact) mass is 822 g/mol. The highest BCUT2D eigenvalue weighted by molar-refractivity contribution is 5.95. The maximum Gasteiger partial charge on any atom is 0.335 e. The molecule has 7 aliphatic rings. The molecule has 0 aromatic rings. The van der Waals surface area contributed by atoms with Gasteiger partial charge < -0.3 is 59.8 Å². The molecule has 2 heterocycles. The molecule has 0 radical (unpaired) electrons. The van der Waals surface area contributed by atoms with Crippen LogP contribution in [0, 0.1) is 50.2 Å². The number of allylic oxidation sites excluding steroid dienone is 2. The van der Waals surface area contributed by atoms with E-state index in [2.05, 4.69) is 27.7 Å². The summed E-state index contributed by atoms with van der Waals surface area (Å²) in [5.74, 6) is -4.47. The molecule has 0 spiro atoms. The van der Waals surface area contributed by atoms with Gasteiger partial charge in [0.05, 0.1) is 11.5 Å². The first-order valence-corrected chi connectivity index (χ1v) is 20.7. The van der Waals surface area contributed by atoms with Crippen LogP contribution in [-0.2, 0) is 38.1 Å². The molecule has 0 amide bonds. The summed E-state index contributed by atoms with van der Waals surface area (Å²) < 4.78 is 23.4. The molecule has 4 saturated carbocycles. The number of fused-ring (bicyclic) bond motifs is 7. The predicted octanol–water partition coefficient (Wildman–Crippen LogP) is 2.25. The number of carbonyl (C=O) groups excluding carboxylic acids is 1. The molecule has 6 fully saturated rings. The Morgan fingerprint density at radius 3 is 1.88 bits per heavy atom. The van der Waals surface area contributed by atoms with Crippen molar-refractivity contribution in [1.82, 2.24) is 0 Å². The number of rotatable bonds is 7. The molecule has 5 aliphatic carbocycles. The Kier molecular flexibility index (Phi) is 10.7. The fourth-order valence-corrected chi connectivity index (χ4v) is 13.4. The van der Waals surface area contributed by atoms with Crippen molar-refractivity contribution in [1.29, 1.82) is 0 Å². The minimum Gasteiger partial charge on any atom is -0.481 e. The molecule has 58 heavy (non-hydrogen) atoms. The van der Waals surface area contributed by atoms with Gasteiger partial charge in [0.2, 0.25) is 0 Å². The van der Waals surface area contributed by atoms with Crippen molar-refractivity contribution in [3.63, 3.8) is 0 Å². The number of ketones is 1. The van der Waals surface area contributed by atoms with Crippen LogP contribution in [0.5, 0.6) is 0 Å². The van der Waals surface area contributed by atoms with Gasteiger partial charge in [0.1, 0.15) is 36.6 Å². The molecule has 326 valence electrons. The third-order valence-corrected chi connectivity index (χ3v) is 17.2. The molecular weight excluding hydrogens is 760 g/mol. The summed E-state index contributed by atoms with van der Waals surface area (Å²) in [5.41, 5.74) is -1.81. The van der Waals surface area contributed by atoms with E-state index in [1.165, 1.54) is 0 Å². The Morgan fingerprint density at radius 1 is 0.690 bits per heavy atom. The number of aliphatic carboxylic acids is 3. The highest BCUT2D eigenvalue weighted by Crippen LogP contribution is 2.75. The number of aliphatic hydroxyl groups is 5. The molecule has 0 bridgehead atoms. The fraction of sp³-hybridized carbons (Fsp3) is 0.857. The number of carboxylic acid groups (broad SMARTS) is 3. The van der Waals surface area contributed by atoms with Crippen molar-refractivity contribution in [2.24, 2.45) is 50.2 Å². The number of carbonyl (C=O) groups is 4. The first kappa shape index (κ1) is 43.5. The molecule has 0 aromatic carbocycles. The van der Waals surface area contributed by atoms with Crippen molar-refractivity contribution >= 4 is 23.7 Å². The Labute approximate surface area is 337 Å². The number of carboxylic acids is 3. The number of hydrogen-bond acceptors (Lipinski definition) is 13. The largest absolute Gasteiger partial charge is 0.481 e. The second-order valence-electron chi connectivity index (χ2n) is 20.6. The van der Waals surface area contributed by atoms with E-state index in [-0.39, 0.29) is 34.4 Å². The van der Waals surface area contributed by atoms with E-state index >= 15 is 0 Å². The second-order valence-corrected chi connectivity index (χ2v) is 20.6. The summed E-state index contributed by atoms with van der Waals surface area (Å²) in [6.07, 6.45) is -12.2. The minimum absolute atomic E-state index is 0.0217. The highest BCUT2D eigenvalue weighted by Gasteiger charge is 2.71. The molecule has 19 atom stereocenters. The molecule has 0 unspecified atom stereocenters. The van der Waals surface area contributed by atoms with Crippen molar-refractivity contribution in [3.8, 4) is 0 Å². The van der Waals surface area contributed by atoms with Crippen molar-refractivity contribution in [3.05, 3.63) is 11.6 Å². The van der Waals surface area contributed by atoms with Gasteiger partial charge in [-0.2, -0.15) is 0 Å². The maximum absolute atomic E-state index is 14.8. The number of hydrogen-bond donors (Lipinski definition) is 8. The van der Waals surface area contributed by atoms with Crippen LogP contribution < -0.4 is 0 Å². The van der Waals surface area contributed by atoms with Gasteiger partial charge in [-0.15, -0.1) is 0 Å². The van der Waals surface area contributed by atoms with Crippen LogP contribution in [0.2, 0.25) is 0 Å². The zero-order valence-corrected chi connectivity index (χ0v) is 34.4. The average Bonchev–Trinajstić information content (AvgIpc) is 3.13. The molecular formula is C42H62O16. The van der Waals surface area contributed by atoms with Crippen LogP contribution in [0.15, 0.2) is 11.6 Å². The zero-order valence-electron chi connectivity index (χ0n) is 34.4. The summed E-state index contributed by atoms with van der Waals surface area (Å²) in [4.78, 5) is 51.3. The summed E-state index contributed by atoms with van der Waals surface area (Å²) in [5, 5.41) is 83.0. The average molecular weight is 823 g/mol. The topological polar surface area (TPSA) is 267 Å². The first-order valence-electron chi connectivity index (χ1n) is 20.7. The lowest BCUT2D eigenvalue weighted by Crippen LogP contribution is -2.68. The summed E-state index contributed by atoms with van der Waals surface area (Å²) in [6, 6.07) is 0. The Balaban J connectivity index is 1.17. The van der Waals surface area contributed by atoms with E-state index in [1.807, 2.05) is 26.8 Å². The fourth-order valence-electron chi connectivity index (χ4n) is 13.4. The highest BCUT2D eigenvalue weighted by atomic mass is 16.8. The zero-order chi connectivity index (χ0) is 42.9. The maximum atomic E-state index is 14.8. The van der Waals surface area contributed by atoms with Crippen LogP contribution in [-0.4, -0.2) is 132 Å². The Morgan fingerprint density at radius 2 is 1.28 bits per heavy atom. The minimum atomic E-state index is -2.05. The van der Waals surface area contributed by atoms with Crippen molar-refractivity contribution in [2.45, 2.75) is 174 Å². The van der Waals surface area contributed by atoms with Gasteiger partial charge in [-0.1, -0.05) is 47.1 Å². The number of aliphatic hydroxyl groups excluding tert-OH is 5. The lowest BCUT2D eigenvalue weighted by Gasteiger charge is -2.70. The van der Waals surface area contributed by atoms with Gasteiger partial charge in [0, 0.05) is 5.92 Å². The third-order valence-electron chi connectivity index (χ3n) is 17.2. The lowest BCUT2D eigenvalue weighted by molar-refractivity contribution is -0.371. The summed E-state index contributed by atoms with van der Waals surface area (Å²) in [6.45, 7) is 14.8. The van der Waals surface area contributed by atoms with Crippen molar-refractivity contribution in [2.75, 3.05) is 0 Å². The smallest absolute Gasteiger partial charge is 0.335 e. The van der Waals surface area contributed by atoms with Gasteiger partial charge >= 0.3 is 17.9 Å². The van der Waals surface area contributed by atoms with Crippen LogP contribution >= 0.6 is 0 Å². The molecule has 2 saturated heterocycles. The summed E-state index contributed by atoms with van der Waals surface area (Å²) in [7, 11) is 0. The van der Waals surface area contributed by atoms with Crippen molar-refractivity contribution < 1.29 is 79.0 Å². The second kappa shape index (κ2) is 14.3. The molecule has 0 aromatic heterocycles.